The second-order valence-electron chi connectivity index (χ2n) is 8.16. The molecule has 5 nitrogen and oxygen atoms in total. The lowest BCUT2D eigenvalue weighted by molar-refractivity contribution is -0.117. The Kier molecular flexibility index (Phi) is 5.59. The van der Waals surface area contributed by atoms with Gasteiger partial charge in [-0.15, -0.1) is 11.3 Å². The normalized spacial score (nSPS) is 15.8. The van der Waals surface area contributed by atoms with Crippen LogP contribution in [0.15, 0.2) is 96.3 Å². The molecule has 0 saturated carbocycles. The predicted molar refractivity (Wildman–Crippen MR) is 134 cm³/mol. The first-order valence-corrected chi connectivity index (χ1v) is 11.7. The van der Waals surface area contributed by atoms with Gasteiger partial charge in [-0.05, 0) is 37.1 Å². The number of aliphatic hydroxyl groups is 1. The van der Waals surface area contributed by atoms with Gasteiger partial charge >= 0.3 is 0 Å². The molecule has 0 radical (unpaired) electrons. The molecule has 5 rings (SSSR count). The molecule has 0 aliphatic carbocycles. The van der Waals surface area contributed by atoms with Crippen molar-refractivity contribution in [3.05, 3.63) is 118 Å². The summed E-state index contributed by atoms with van der Waals surface area (Å²) in [6.07, 6.45) is 0. The lowest BCUT2D eigenvalue weighted by Crippen LogP contribution is -2.31. The number of aliphatic hydroxyl groups excluding tert-OH is 1. The number of anilines is 1. The fourth-order valence-corrected chi connectivity index (χ4v) is 5.34. The van der Waals surface area contributed by atoms with Crippen molar-refractivity contribution in [1.29, 1.82) is 0 Å². The number of amides is 1. The summed E-state index contributed by atoms with van der Waals surface area (Å²) in [5, 5.41) is 11.7. The van der Waals surface area contributed by atoms with Gasteiger partial charge in [0.2, 0.25) is 5.78 Å². The van der Waals surface area contributed by atoms with Gasteiger partial charge in [-0.2, -0.15) is 0 Å². The van der Waals surface area contributed by atoms with E-state index in [-0.39, 0.29) is 11.4 Å². The number of carbonyl (C=O) groups excluding carboxylic acids is 2. The summed E-state index contributed by atoms with van der Waals surface area (Å²) < 4.78 is 0. The van der Waals surface area contributed by atoms with E-state index in [4.69, 9.17) is 0 Å². The molecule has 3 aromatic carbocycles. The summed E-state index contributed by atoms with van der Waals surface area (Å²) in [5.41, 5.74) is 3.89. The van der Waals surface area contributed by atoms with Crippen LogP contribution in [0.25, 0.3) is 10.6 Å². The van der Waals surface area contributed by atoms with Crippen molar-refractivity contribution in [3.8, 4) is 10.6 Å². The van der Waals surface area contributed by atoms with E-state index >= 15 is 0 Å². The number of ketones is 1. The van der Waals surface area contributed by atoms with Crippen LogP contribution in [0.5, 0.6) is 0 Å². The highest BCUT2D eigenvalue weighted by Crippen LogP contribution is 2.44. The summed E-state index contributed by atoms with van der Waals surface area (Å²) in [4.78, 5) is 33.7. The van der Waals surface area contributed by atoms with E-state index in [1.165, 1.54) is 16.2 Å². The Morgan fingerprint density at radius 3 is 2.21 bits per heavy atom. The molecule has 0 bridgehead atoms. The molecular weight excluding hydrogens is 444 g/mol. The fraction of sp³-hybridized carbons (Fsp3) is 0.107. The number of benzene rings is 3. The highest BCUT2D eigenvalue weighted by Gasteiger charge is 2.45. The van der Waals surface area contributed by atoms with Gasteiger partial charge in [0.15, 0.2) is 5.76 Å². The number of carbonyl (C=O) groups is 2. The largest absolute Gasteiger partial charge is 0.503 e. The zero-order chi connectivity index (χ0) is 23.8. The number of para-hydroxylation sites is 1. The van der Waals surface area contributed by atoms with Crippen molar-refractivity contribution in [2.24, 2.45) is 0 Å². The van der Waals surface area contributed by atoms with Crippen molar-refractivity contribution >= 4 is 28.7 Å². The van der Waals surface area contributed by atoms with E-state index in [9.17, 15) is 14.7 Å². The zero-order valence-corrected chi connectivity index (χ0v) is 19.5. The van der Waals surface area contributed by atoms with E-state index < -0.39 is 17.7 Å². The first kappa shape index (κ1) is 21.8. The molecule has 1 unspecified atom stereocenters. The standard InChI is InChI=1S/C28H22N2O3S/c1-17-11-9-10-16-21(17)23-22(25(32)28(33)30(23)20-14-7-4-8-15-20)24(31)26-18(2)29-27(34-26)19-12-5-3-6-13-19/h3-16,23,32H,1-2H3. The second-order valence-corrected chi connectivity index (χ2v) is 9.16. The van der Waals surface area contributed by atoms with Gasteiger partial charge < -0.3 is 5.11 Å². The number of aromatic nitrogens is 1. The lowest BCUT2D eigenvalue weighted by Gasteiger charge is -2.28. The predicted octanol–water partition coefficient (Wildman–Crippen LogP) is 6.21. The minimum atomic E-state index is -0.745. The second kappa shape index (κ2) is 8.72. The molecule has 6 heteroatoms. The van der Waals surface area contributed by atoms with Crippen LogP contribution >= 0.6 is 11.3 Å². The van der Waals surface area contributed by atoms with Crippen molar-refractivity contribution in [1.82, 2.24) is 4.98 Å². The third-order valence-corrected chi connectivity index (χ3v) is 7.20. The van der Waals surface area contributed by atoms with Gasteiger partial charge in [0.25, 0.3) is 5.91 Å². The van der Waals surface area contributed by atoms with Crippen molar-refractivity contribution in [2.75, 3.05) is 4.90 Å². The SMILES string of the molecule is Cc1ccccc1C1C(C(=O)c2sc(-c3ccccc3)nc2C)=C(O)C(=O)N1c1ccccc1. The number of nitrogens with zero attached hydrogens (tertiary/aromatic N) is 2. The molecule has 1 amide bonds. The summed E-state index contributed by atoms with van der Waals surface area (Å²) in [5.74, 6) is -1.49. The van der Waals surface area contributed by atoms with Crippen LogP contribution in [0.1, 0.15) is 32.5 Å². The van der Waals surface area contributed by atoms with Crippen molar-refractivity contribution in [2.45, 2.75) is 19.9 Å². The molecule has 0 spiro atoms. The number of aryl methyl sites for hydroxylation is 2. The number of hydrogen-bond acceptors (Lipinski definition) is 5. The molecule has 4 aromatic rings. The van der Waals surface area contributed by atoms with E-state index in [0.717, 1.165) is 21.7 Å². The van der Waals surface area contributed by atoms with Crippen molar-refractivity contribution in [3.63, 3.8) is 0 Å². The zero-order valence-electron chi connectivity index (χ0n) is 18.7. The first-order chi connectivity index (χ1) is 16.5. The van der Waals surface area contributed by atoms with Crippen LogP contribution < -0.4 is 4.90 Å². The molecule has 168 valence electrons. The number of thiazole rings is 1. The minimum absolute atomic E-state index is 0.0783. The molecule has 1 aliphatic rings. The fourth-order valence-electron chi connectivity index (χ4n) is 4.31. The molecular formula is C28H22N2O3S. The Hall–Kier alpha value is -4.03. The van der Waals surface area contributed by atoms with E-state index in [1.54, 1.807) is 19.1 Å². The maximum absolute atomic E-state index is 13.9. The quantitative estimate of drug-likeness (QED) is 0.355. The van der Waals surface area contributed by atoms with Gasteiger partial charge in [0.05, 0.1) is 22.2 Å². The van der Waals surface area contributed by atoms with Crippen LogP contribution in [0.4, 0.5) is 5.69 Å². The van der Waals surface area contributed by atoms with Gasteiger partial charge in [-0.3, -0.25) is 14.5 Å². The van der Waals surface area contributed by atoms with Crippen LogP contribution in [-0.4, -0.2) is 21.8 Å². The van der Waals surface area contributed by atoms with E-state index in [2.05, 4.69) is 4.98 Å². The molecule has 0 fully saturated rings. The Bertz CT molecular complexity index is 1420. The maximum Gasteiger partial charge on any atom is 0.294 e. The molecule has 34 heavy (non-hydrogen) atoms. The summed E-state index contributed by atoms with van der Waals surface area (Å²) in [6, 6.07) is 25.6. The molecule has 0 saturated heterocycles. The molecule has 1 N–H and O–H groups in total. The third-order valence-electron chi connectivity index (χ3n) is 5.99. The first-order valence-electron chi connectivity index (χ1n) is 10.9. The van der Waals surface area contributed by atoms with E-state index in [1.807, 2.05) is 79.7 Å². The summed E-state index contributed by atoms with van der Waals surface area (Å²) in [7, 11) is 0. The highest BCUT2D eigenvalue weighted by atomic mass is 32.1. The van der Waals surface area contributed by atoms with E-state index in [0.29, 0.717) is 16.3 Å². The smallest absolute Gasteiger partial charge is 0.294 e. The van der Waals surface area contributed by atoms with Gasteiger partial charge in [0.1, 0.15) is 5.01 Å². The Balaban J connectivity index is 1.65. The lowest BCUT2D eigenvalue weighted by atomic mass is 9.92. The molecule has 1 aromatic heterocycles. The average molecular weight is 467 g/mol. The number of rotatable bonds is 5. The Morgan fingerprint density at radius 2 is 1.53 bits per heavy atom. The summed E-state index contributed by atoms with van der Waals surface area (Å²) >= 11 is 1.27. The molecule has 2 heterocycles. The minimum Gasteiger partial charge on any atom is -0.503 e. The number of Topliss-reactive ketones (excluding diaryl/α,β-unsaturated/α-hetero) is 1. The van der Waals surface area contributed by atoms with Gasteiger partial charge in [-0.25, -0.2) is 4.98 Å². The topological polar surface area (TPSA) is 70.5 Å². The molecule has 1 atom stereocenters. The van der Waals surface area contributed by atoms with Crippen molar-refractivity contribution < 1.29 is 14.7 Å². The maximum atomic E-state index is 13.9. The third kappa shape index (κ3) is 3.62. The Labute approximate surface area is 201 Å². The Morgan fingerprint density at radius 1 is 0.912 bits per heavy atom. The van der Waals surface area contributed by atoms with Crippen LogP contribution in [0, 0.1) is 13.8 Å². The molecule has 1 aliphatic heterocycles. The van der Waals surface area contributed by atoms with Gasteiger partial charge in [0, 0.05) is 11.3 Å². The monoisotopic (exact) mass is 466 g/mol. The van der Waals surface area contributed by atoms with Crippen LogP contribution in [0.3, 0.4) is 0 Å². The number of hydrogen-bond donors (Lipinski definition) is 1. The van der Waals surface area contributed by atoms with Crippen LogP contribution in [0.2, 0.25) is 0 Å². The highest BCUT2D eigenvalue weighted by molar-refractivity contribution is 7.17. The summed E-state index contributed by atoms with van der Waals surface area (Å²) in [6.45, 7) is 3.72. The van der Waals surface area contributed by atoms with Crippen LogP contribution in [-0.2, 0) is 4.79 Å². The average Bonchev–Trinajstić information content (AvgIpc) is 3.37. The van der Waals surface area contributed by atoms with Gasteiger partial charge in [-0.1, -0.05) is 72.8 Å².